The van der Waals surface area contributed by atoms with E-state index in [4.69, 9.17) is 16.7 Å². The van der Waals surface area contributed by atoms with Gasteiger partial charge in [0.1, 0.15) is 0 Å². The Morgan fingerprint density at radius 1 is 1.27 bits per heavy atom. The van der Waals surface area contributed by atoms with Crippen LogP contribution in [0.4, 0.5) is 0 Å². The smallest absolute Gasteiger partial charge is 0.0928 e. The molecule has 15 heavy (non-hydrogen) atoms. The van der Waals surface area contributed by atoms with E-state index >= 15 is 0 Å². The Bertz CT molecular complexity index is 304. The second-order valence-electron chi connectivity index (χ2n) is 3.54. The third-order valence-electron chi connectivity index (χ3n) is 2.04. The topological polar surface area (TPSA) is 52.5 Å². The van der Waals surface area contributed by atoms with Crippen molar-refractivity contribution in [3.63, 3.8) is 0 Å². The minimum Gasteiger partial charge on any atom is -0.392 e. The first-order valence-corrected chi connectivity index (χ1v) is 5.30. The number of hydrogen-bond acceptors (Lipinski definition) is 3. The second kappa shape index (κ2) is 6.08. The Morgan fingerprint density at radius 3 is 2.53 bits per heavy atom. The maximum absolute atomic E-state index is 9.79. The predicted molar refractivity (Wildman–Crippen MR) is 61.0 cm³/mol. The molecular formula is C11H16ClNO2. The summed E-state index contributed by atoms with van der Waals surface area (Å²) < 4.78 is 0. The van der Waals surface area contributed by atoms with Crippen LogP contribution in [-0.4, -0.2) is 29.4 Å². The van der Waals surface area contributed by atoms with E-state index in [0.717, 1.165) is 0 Å². The van der Waals surface area contributed by atoms with Crippen molar-refractivity contribution in [3.8, 4) is 0 Å². The molecule has 0 fully saturated rings. The lowest BCUT2D eigenvalue weighted by atomic mass is 10.1. The maximum Gasteiger partial charge on any atom is 0.0928 e. The van der Waals surface area contributed by atoms with Crippen LogP contribution in [0.2, 0.25) is 5.02 Å². The fourth-order valence-electron chi connectivity index (χ4n) is 1.28. The van der Waals surface area contributed by atoms with Gasteiger partial charge in [0, 0.05) is 23.7 Å². The van der Waals surface area contributed by atoms with Crippen LogP contribution in [0.5, 0.6) is 0 Å². The summed E-state index contributed by atoms with van der Waals surface area (Å²) in [7, 11) is 0. The zero-order valence-corrected chi connectivity index (χ0v) is 9.41. The van der Waals surface area contributed by atoms with Gasteiger partial charge in [-0.25, -0.2) is 0 Å². The van der Waals surface area contributed by atoms with Crippen molar-refractivity contribution in [3.05, 3.63) is 34.9 Å². The average molecular weight is 230 g/mol. The molecule has 1 rings (SSSR count). The van der Waals surface area contributed by atoms with Crippen molar-refractivity contribution < 1.29 is 10.2 Å². The minimum absolute atomic E-state index is 0.384. The van der Waals surface area contributed by atoms with Crippen molar-refractivity contribution in [2.75, 3.05) is 13.1 Å². The maximum atomic E-state index is 9.79. The van der Waals surface area contributed by atoms with E-state index in [-0.39, 0.29) is 0 Å². The van der Waals surface area contributed by atoms with Gasteiger partial charge in [0.2, 0.25) is 0 Å². The van der Waals surface area contributed by atoms with Crippen molar-refractivity contribution in [2.24, 2.45) is 0 Å². The molecule has 0 aliphatic carbocycles. The molecule has 3 N–H and O–H groups in total. The highest BCUT2D eigenvalue weighted by molar-refractivity contribution is 6.31. The Hall–Kier alpha value is -0.610. The number of rotatable bonds is 5. The van der Waals surface area contributed by atoms with E-state index in [1.807, 2.05) is 12.1 Å². The summed E-state index contributed by atoms with van der Waals surface area (Å²) >= 11 is 5.92. The Kier molecular flexibility index (Phi) is 5.05. The first kappa shape index (κ1) is 12.5. The van der Waals surface area contributed by atoms with Gasteiger partial charge in [-0.15, -0.1) is 0 Å². The summed E-state index contributed by atoms with van der Waals surface area (Å²) in [4.78, 5) is 0. The molecule has 0 bridgehead atoms. The van der Waals surface area contributed by atoms with Gasteiger partial charge >= 0.3 is 0 Å². The minimum atomic E-state index is -0.641. The van der Waals surface area contributed by atoms with Gasteiger partial charge < -0.3 is 15.5 Å². The van der Waals surface area contributed by atoms with Crippen molar-refractivity contribution >= 4 is 11.6 Å². The van der Waals surface area contributed by atoms with Gasteiger partial charge in [0.25, 0.3) is 0 Å². The van der Waals surface area contributed by atoms with Crippen molar-refractivity contribution in [1.29, 1.82) is 0 Å². The quantitative estimate of drug-likeness (QED) is 0.715. The second-order valence-corrected chi connectivity index (χ2v) is 3.95. The van der Waals surface area contributed by atoms with Gasteiger partial charge in [-0.2, -0.15) is 0 Å². The zero-order chi connectivity index (χ0) is 11.3. The largest absolute Gasteiger partial charge is 0.392 e. The highest BCUT2D eigenvalue weighted by atomic mass is 35.5. The summed E-state index contributed by atoms with van der Waals surface area (Å²) in [5, 5.41) is 22.3. The molecule has 0 spiro atoms. The number of benzene rings is 1. The normalized spacial score (nSPS) is 14.9. The third kappa shape index (κ3) is 4.18. The molecule has 0 saturated carbocycles. The van der Waals surface area contributed by atoms with Crippen LogP contribution < -0.4 is 5.32 Å². The van der Waals surface area contributed by atoms with Gasteiger partial charge in [-0.1, -0.05) is 29.8 Å². The molecule has 0 aromatic heterocycles. The average Bonchev–Trinajstić information content (AvgIpc) is 2.17. The monoisotopic (exact) mass is 229 g/mol. The van der Waals surface area contributed by atoms with Crippen LogP contribution in [0.1, 0.15) is 18.6 Å². The fraction of sp³-hybridized carbons (Fsp3) is 0.455. The Balaban J connectivity index is 2.47. The van der Waals surface area contributed by atoms with E-state index in [2.05, 4.69) is 5.32 Å². The van der Waals surface area contributed by atoms with Crippen LogP contribution >= 0.6 is 11.6 Å². The zero-order valence-electron chi connectivity index (χ0n) is 8.65. The number of nitrogens with one attached hydrogen (secondary N) is 1. The molecule has 84 valence electrons. The number of hydrogen-bond donors (Lipinski definition) is 3. The molecule has 0 saturated heterocycles. The first-order valence-electron chi connectivity index (χ1n) is 4.92. The fourth-order valence-corrected chi connectivity index (χ4v) is 1.55. The van der Waals surface area contributed by atoms with Crippen LogP contribution in [0, 0.1) is 0 Å². The molecule has 0 heterocycles. The van der Waals surface area contributed by atoms with Crippen LogP contribution in [0.25, 0.3) is 0 Å². The summed E-state index contributed by atoms with van der Waals surface area (Å²) in [6.45, 7) is 2.53. The molecular weight excluding hydrogens is 214 g/mol. The molecule has 1 aromatic rings. The lowest BCUT2D eigenvalue weighted by molar-refractivity contribution is 0.155. The molecule has 0 radical (unpaired) electrons. The summed E-state index contributed by atoms with van der Waals surface area (Å²) in [5.74, 6) is 0. The number of aliphatic hydroxyl groups excluding tert-OH is 2. The van der Waals surface area contributed by atoms with Gasteiger partial charge in [-0.3, -0.25) is 0 Å². The van der Waals surface area contributed by atoms with Gasteiger partial charge in [0.05, 0.1) is 12.2 Å². The Morgan fingerprint density at radius 2 is 1.93 bits per heavy atom. The number of halogens is 1. The van der Waals surface area contributed by atoms with E-state index in [1.54, 1.807) is 19.1 Å². The van der Waals surface area contributed by atoms with Crippen molar-refractivity contribution in [2.45, 2.75) is 19.1 Å². The molecule has 3 nitrogen and oxygen atoms in total. The summed E-state index contributed by atoms with van der Waals surface area (Å²) in [6.07, 6.45) is -1.05. The lowest BCUT2D eigenvalue weighted by Gasteiger charge is -2.14. The van der Waals surface area contributed by atoms with Crippen LogP contribution in [0.15, 0.2) is 24.3 Å². The lowest BCUT2D eigenvalue weighted by Crippen LogP contribution is -2.28. The Labute approximate surface area is 94.7 Å². The standard InChI is InChI=1S/C11H16ClNO2/c1-8(14)6-13-7-11(15)9-4-2-3-5-10(9)12/h2-5,8,11,13-15H,6-7H2,1H3. The molecule has 0 aliphatic rings. The van der Waals surface area contributed by atoms with Gasteiger partial charge in [-0.05, 0) is 13.0 Å². The molecule has 4 heteroatoms. The SMILES string of the molecule is CC(O)CNCC(O)c1ccccc1Cl. The van der Waals surface area contributed by atoms with E-state index < -0.39 is 12.2 Å². The van der Waals surface area contributed by atoms with E-state index in [9.17, 15) is 5.11 Å². The summed E-state index contributed by atoms with van der Waals surface area (Å²) in [6, 6.07) is 7.19. The molecule has 0 aliphatic heterocycles. The highest BCUT2D eigenvalue weighted by Crippen LogP contribution is 2.21. The van der Waals surface area contributed by atoms with Crippen LogP contribution in [0.3, 0.4) is 0 Å². The number of aliphatic hydroxyl groups is 2. The predicted octanol–water partition coefficient (Wildman–Crippen LogP) is 1.34. The summed E-state index contributed by atoms with van der Waals surface area (Å²) in [5.41, 5.74) is 0.706. The molecule has 0 amide bonds. The van der Waals surface area contributed by atoms with Crippen LogP contribution in [-0.2, 0) is 0 Å². The van der Waals surface area contributed by atoms with Gasteiger partial charge in [0.15, 0.2) is 0 Å². The molecule has 2 atom stereocenters. The van der Waals surface area contributed by atoms with E-state index in [1.165, 1.54) is 0 Å². The third-order valence-corrected chi connectivity index (χ3v) is 2.39. The van der Waals surface area contributed by atoms with Crippen molar-refractivity contribution in [1.82, 2.24) is 5.32 Å². The highest BCUT2D eigenvalue weighted by Gasteiger charge is 2.10. The molecule has 2 unspecified atom stereocenters. The molecule has 1 aromatic carbocycles. The van der Waals surface area contributed by atoms with E-state index in [0.29, 0.717) is 23.7 Å². The first-order chi connectivity index (χ1) is 7.11.